The van der Waals surface area contributed by atoms with Crippen LogP contribution in [0.2, 0.25) is 5.02 Å². The molecule has 1 unspecified atom stereocenters. The summed E-state index contributed by atoms with van der Waals surface area (Å²) < 4.78 is 2.01. The lowest BCUT2D eigenvalue weighted by atomic mass is 10.2. The number of amides is 1. The minimum Gasteiger partial charge on any atom is -0.300 e. The Kier molecular flexibility index (Phi) is 5.91. The maximum atomic E-state index is 12.7. The number of hydrogen-bond donors (Lipinski definition) is 1. The van der Waals surface area contributed by atoms with Gasteiger partial charge in [-0.05, 0) is 24.6 Å². The minimum atomic E-state index is -0.256. The van der Waals surface area contributed by atoms with Gasteiger partial charge in [-0.25, -0.2) is 4.98 Å². The zero-order valence-corrected chi connectivity index (χ0v) is 18.0. The first-order valence-electron chi connectivity index (χ1n) is 8.55. The second kappa shape index (κ2) is 8.57. The molecule has 9 heteroatoms. The van der Waals surface area contributed by atoms with Crippen molar-refractivity contribution in [3.05, 3.63) is 53.6 Å². The zero-order chi connectivity index (χ0) is 19.5. The van der Waals surface area contributed by atoms with E-state index < -0.39 is 0 Å². The van der Waals surface area contributed by atoms with E-state index in [2.05, 4.69) is 20.5 Å². The van der Waals surface area contributed by atoms with Crippen molar-refractivity contribution in [1.82, 2.24) is 15.2 Å². The Bertz CT molecular complexity index is 1090. The van der Waals surface area contributed by atoms with Crippen molar-refractivity contribution in [3.8, 4) is 10.6 Å². The second-order valence-corrected chi connectivity index (χ2v) is 9.71. The van der Waals surface area contributed by atoms with Crippen LogP contribution in [-0.2, 0) is 4.79 Å². The Morgan fingerprint density at radius 3 is 2.71 bits per heavy atom. The number of thiazole rings is 1. The van der Waals surface area contributed by atoms with Crippen LogP contribution in [0.5, 0.6) is 0 Å². The molecule has 1 atom stereocenters. The first kappa shape index (κ1) is 19.3. The molecule has 4 rings (SSSR count). The number of benzene rings is 2. The van der Waals surface area contributed by atoms with Crippen LogP contribution in [0.25, 0.3) is 20.8 Å². The van der Waals surface area contributed by atoms with E-state index in [4.69, 9.17) is 11.6 Å². The predicted molar refractivity (Wildman–Crippen MR) is 119 cm³/mol. The molecule has 0 aliphatic carbocycles. The minimum absolute atomic E-state index is 0.103. The normalized spacial score (nSPS) is 12.2. The van der Waals surface area contributed by atoms with Crippen molar-refractivity contribution in [1.29, 1.82) is 0 Å². The average molecular weight is 447 g/mol. The lowest BCUT2D eigenvalue weighted by Crippen LogP contribution is -2.24. The number of thioether (sulfide) groups is 1. The largest absolute Gasteiger partial charge is 0.300 e. The number of nitrogens with zero attached hydrogens (tertiary/aromatic N) is 3. The first-order chi connectivity index (χ1) is 13.6. The Labute approximate surface area is 179 Å². The van der Waals surface area contributed by atoms with Gasteiger partial charge in [0.25, 0.3) is 0 Å². The topological polar surface area (TPSA) is 67.8 Å². The van der Waals surface area contributed by atoms with Gasteiger partial charge in [-0.3, -0.25) is 10.1 Å². The third-order valence-corrected chi connectivity index (χ3v) is 7.64. The number of rotatable bonds is 6. The van der Waals surface area contributed by atoms with Crippen LogP contribution < -0.4 is 5.32 Å². The van der Waals surface area contributed by atoms with Gasteiger partial charge in [0.15, 0.2) is 9.35 Å². The van der Waals surface area contributed by atoms with Crippen LogP contribution in [0, 0.1) is 0 Å². The molecule has 0 fully saturated rings. The van der Waals surface area contributed by atoms with Crippen molar-refractivity contribution >= 4 is 67.3 Å². The fourth-order valence-corrected chi connectivity index (χ4v) is 5.85. The molecule has 1 amide bonds. The molecule has 0 radical (unpaired) electrons. The monoisotopic (exact) mass is 446 g/mol. The Morgan fingerprint density at radius 2 is 1.93 bits per heavy atom. The predicted octanol–water partition coefficient (Wildman–Crippen LogP) is 5.98. The van der Waals surface area contributed by atoms with Crippen LogP contribution in [0.15, 0.2) is 52.9 Å². The van der Waals surface area contributed by atoms with Crippen LogP contribution >= 0.6 is 46.0 Å². The highest BCUT2D eigenvalue weighted by molar-refractivity contribution is 8.02. The van der Waals surface area contributed by atoms with E-state index in [1.165, 1.54) is 23.1 Å². The van der Waals surface area contributed by atoms with Gasteiger partial charge in [0.2, 0.25) is 11.0 Å². The first-order valence-corrected chi connectivity index (χ1v) is 11.4. The number of halogens is 1. The number of anilines is 1. The third-order valence-electron chi connectivity index (χ3n) is 3.94. The van der Waals surface area contributed by atoms with Crippen LogP contribution in [0.4, 0.5) is 5.13 Å². The highest BCUT2D eigenvalue weighted by Crippen LogP contribution is 2.35. The summed E-state index contributed by atoms with van der Waals surface area (Å²) in [7, 11) is 0. The highest BCUT2D eigenvalue weighted by Gasteiger charge is 2.22. The fraction of sp³-hybridized carbons (Fsp3) is 0.158. The Hall–Kier alpha value is -2.00. The molecule has 28 heavy (non-hydrogen) atoms. The molecule has 2 aromatic carbocycles. The molecular formula is C19H15ClN4OS3. The molecule has 0 saturated carbocycles. The third kappa shape index (κ3) is 4.20. The quantitative estimate of drug-likeness (QED) is 0.369. The number of para-hydroxylation sites is 1. The number of fused-ring (bicyclic) bond motifs is 1. The molecule has 0 bridgehead atoms. The molecule has 0 spiro atoms. The number of carbonyl (C=O) groups excluding carboxylic acids is 1. The van der Waals surface area contributed by atoms with Gasteiger partial charge in [0, 0.05) is 5.56 Å². The van der Waals surface area contributed by atoms with Crippen molar-refractivity contribution in [3.63, 3.8) is 0 Å². The molecule has 0 aliphatic rings. The molecule has 2 heterocycles. The van der Waals surface area contributed by atoms with E-state index in [1.54, 1.807) is 17.4 Å². The molecule has 0 aliphatic heterocycles. The molecule has 142 valence electrons. The van der Waals surface area contributed by atoms with Gasteiger partial charge >= 0.3 is 0 Å². The SMILES string of the molecule is CCC(Sc1nc2ccccc2s1)C(=O)Nc1nnc(-c2ccccc2Cl)s1. The van der Waals surface area contributed by atoms with Crippen LogP contribution in [0.3, 0.4) is 0 Å². The Balaban J connectivity index is 1.46. The van der Waals surface area contributed by atoms with E-state index in [0.29, 0.717) is 21.6 Å². The Morgan fingerprint density at radius 1 is 1.14 bits per heavy atom. The summed E-state index contributed by atoms with van der Waals surface area (Å²) in [5, 5.41) is 12.6. The van der Waals surface area contributed by atoms with E-state index in [-0.39, 0.29) is 11.2 Å². The van der Waals surface area contributed by atoms with Crippen molar-refractivity contribution < 1.29 is 4.79 Å². The van der Waals surface area contributed by atoms with Gasteiger partial charge < -0.3 is 0 Å². The number of nitrogens with one attached hydrogen (secondary N) is 1. The lowest BCUT2D eigenvalue weighted by Gasteiger charge is -2.11. The van der Waals surface area contributed by atoms with Gasteiger partial charge in [-0.1, -0.05) is 72.0 Å². The summed E-state index contributed by atoms with van der Waals surface area (Å²) in [6, 6.07) is 15.4. The van der Waals surface area contributed by atoms with Crippen LogP contribution in [0.1, 0.15) is 13.3 Å². The summed E-state index contributed by atoms with van der Waals surface area (Å²) in [5.74, 6) is -0.103. The number of aromatic nitrogens is 3. The summed E-state index contributed by atoms with van der Waals surface area (Å²) in [5.41, 5.74) is 1.76. The second-order valence-electron chi connectivity index (χ2n) is 5.84. The lowest BCUT2D eigenvalue weighted by molar-refractivity contribution is -0.115. The van der Waals surface area contributed by atoms with Crippen molar-refractivity contribution in [2.45, 2.75) is 22.9 Å². The summed E-state index contributed by atoms with van der Waals surface area (Å²) in [6.45, 7) is 1.99. The summed E-state index contributed by atoms with van der Waals surface area (Å²) >= 11 is 10.6. The summed E-state index contributed by atoms with van der Waals surface area (Å²) in [6.07, 6.45) is 0.683. The van der Waals surface area contributed by atoms with E-state index in [9.17, 15) is 4.79 Å². The standard InChI is InChI=1S/C19H15ClN4OS3/c1-2-14(26-19-21-13-9-5-6-10-15(13)27-19)16(25)22-18-24-23-17(28-18)11-7-3-4-8-12(11)20/h3-10,14H,2H2,1H3,(H,22,24,25). The average Bonchev–Trinajstić information content (AvgIpc) is 3.32. The zero-order valence-electron chi connectivity index (χ0n) is 14.8. The van der Waals surface area contributed by atoms with Gasteiger partial charge in [-0.15, -0.1) is 21.5 Å². The maximum absolute atomic E-state index is 12.7. The van der Waals surface area contributed by atoms with Gasteiger partial charge in [0.05, 0.1) is 20.5 Å². The molecule has 2 aromatic heterocycles. The molecular weight excluding hydrogens is 432 g/mol. The van der Waals surface area contributed by atoms with E-state index in [0.717, 1.165) is 20.1 Å². The van der Waals surface area contributed by atoms with Crippen molar-refractivity contribution in [2.75, 3.05) is 5.32 Å². The smallest absolute Gasteiger partial charge is 0.239 e. The van der Waals surface area contributed by atoms with Crippen molar-refractivity contribution in [2.24, 2.45) is 0 Å². The molecule has 4 aromatic rings. The van der Waals surface area contributed by atoms with E-state index in [1.807, 2.05) is 49.4 Å². The highest BCUT2D eigenvalue weighted by atomic mass is 35.5. The number of carbonyl (C=O) groups is 1. The molecule has 5 nitrogen and oxygen atoms in total. The number of hydrogen-bond acceptors (Lipinski definition) is 7. The molecule has 0 saturated heterocycles. The van der Waals surface area contributed by atoms with Crippen LogP contribution in [-0.4, -0.2) is 26.3 Å². The van der Waals surface area contributed by atoms with Gasteiger partial charge in [-0.2, -0.15) is 0 Å². The maximum Gasteiger partial charge on any atom is 0.239 e. The summed E-state index contributed by atoms with van der Waals surface area (Å²) in [4.78, 5) is 17.3. The van der Waals surface area contributed by atoms with Gasteiger partial charge in [0.1, 0.15) is 0 Å². The molecule has 1 N–H and O–H groups in total. The fourth-order valence-electron chi connectivity index (χ4n) is 2.55. The van der Waals surface area contributed by atoms with E-state index >= 15 is 0 Å².